The Morgan fingerprint density at radius 1 is 1.23 bits per heavy atom. The molecule has 0 bridgehead atoms. The molecule has 1 aliphatic heterocycles. The van der Waals surface area contributed by atoms with Crippen molar-refractivity contribution in [1.82, 2.24) is 10.6 Å². The molecule has 6 nitrogen and oxygen atoms in total. The smallest absolute Gasteiger partial charge is 0.268 e. The summed E-state index contributed by atoms with van der Waals surface area (Å²) in [6, 6.07) is 9.81. The molecule has 2 aromatic rings. The van der Waals surface area contributed by atoms with Crippen LogP contribution in [0.3, 0.4) is 0 Å². The molecule has 2 amide bonds. The Labute approximate surface area is 156 Å². The number of carbonyl (C=O) groups is 2. The number of rotatable bonds is 6. The van der Waals surface area contributed by atoms with Gasteiger partial charge in [0, 0.05) is 29.8 Å². The van der Waals surface area contributed by atoms with E-state index in [9.17, 15) is 9.59 Å². The molecule has 1 aromatic carbocycles. The maximum Gasteiger partial charge on any atom is 0.268 e. The predicted octanol–water partition coefficient (Wildman–Crippen LogP) is 3.00. The number of carbonyl (C=O) groups excluding carboxylic acids is 2. The molecule has 1 aliphatic rings. The monoisotopic (exact) mass is 374 g/mol. The van der Waals surface area contributed by atoms with Crippen LogP contribution in [0.15, 0.2) is 52.8 Å². The largest absolute Gasteiger partial charge is 0.465 e. The van der Waals surface area contributed by atoms with Crippen LogP contribution in [0.1, 0.15) is 29.0 Å². The highest BCUT2D eigenvalue weighted by Gasteiger charge is 2.19. The zero-order valence-corrected chi connectivity index (χ0v) is 14.8. The van der Waals surface area contributed by atoms with Crippen LogP contribution in [0.25, 0.3) is 6.08 Å². The second-order valence-electron chi connectivity index (χ2n) is 5.88. The highest BCUT2D eigenvalue weighted by Crippen LogP contribution is 2.13. The SMILES string of the molecule is O=C(NCC1CCCO1)/C(=C/c1ccco1)NC(=O)c1ccc(Cl)cc1. The second kappa shape index (κ2) is 8.69. The third-order valence-corrected chi connectivity index (χ3v) is 4.20. The average molecular weight is 375 g/mol. The Morgan fingerprint density at radius 2 is 2.04 bits per heavy atom. The minimum atomic E-state index is -0.410. The van der Waals surface area contributed by atoms with E-state index in [2.05, 4.69) is 10.6 Å². The van der Waals surface area contributed by atoms with Gasteiger partial charge in [0.25, 0.3) is 11.8 Å². The summed E-state index contributed by atoms with van der Waals surface area (Å²) in [4.78, 5) is 25.0. The van der Waals surface area contributed by atoms with Gasteiger partial charge in [-0.15, -0.1) is 0 Å². The zero-order valence-electron chi connectivity index (χ0n) is 14.0. The molecule has 2 N–H and O–H groups in total. The second-order valence-corrected chi connectivity index (χ2v) is 6.32. The van der Waals surface area contributed by atoms with E-state index in [1.54, 1.807) is 36.4 Å². The highest BCUT2D eigenvalue weighted by molar-refractivity contribution is 6.30. The van der Waals surface area contributed by atoms with Crippen molar-refractivity contribution in [2.75, 3.05) is 13.2 Å². The van der Waals surface area contributed by atoms with Crippen LogP contribution in [0.5, 0.6) is 0 Å². The standard InChI is InChI=1S/C19H19ClN2O4/c20-14-7-5-13(6-8-14)18(23)22-17(11-15-3-1-9-25-15)19(24)21-12-16-4-2-10-26-16/h1,3,5-9,11,16H,2,4,10,12H2,(H,21,24)(H,22,23)/b17-11-. The number of hydrogen-bond donors (Lipinski definition) is 2. The molecule has 0 radical (unpaired) electrons. The zero-order chi connectivity index (χ0) is 18.4. The quantitative estimate of drug-likeness (QED) is 0.762. The van der Waals surface area contributed by atoms with Gasteiger partial charge < -0.3 is 19.8 Å². The molecule has 3 rings (SSSR count). The van der Waals surface area contributed by atoms with Crippen LogP contribution in [0, 0.1) is 0 Å². The summed E-state index contributed by atoms with van der Waals surface area (Å²) in [6.45, 7) is 1.11. The summed E-state index contributed by atoms with van der Waals surface area (Å²) in [5.74, 6) is -0.352. The number of nitrogens with one attached hydrogen (secondary N) is 2. The fourth-order valence-electron chi connectivity index (χ4n) is 2.58. The van der Waals surface area contributed by atoms with E-state index < -0.39 is 11.8 Å². The molecule has 0 spiro atoms. The Balaban J connectivity index is 1.71. The molecule has 26 heavy (non-hydrogen) atoms. The lowest BCUT2D eigenvalue weighted by molar-refractivity contribution is -0.118. The molecule has 136 valence electrons. The van der Waals surface area contributed by atoms with E-state index in [-0.39, 0.29) is 11.8 Å². The van der Waals surface area contributed by atoms with Crippen molar-refractivity contribution >= 4 is 29.5 Å². The average Bonchev–Trinajstić information content (AvgIpc) is 3.33. The summed E-state index contributed by atoms with van der Waals surface area (Å²) < 4.78 is 10.7. The minimum absolute atomic E-state index is 0.00998. The van der Waals surface area contributed by atoms with Crippen molar-refractivity contribution in [1.29, 1.82) is 0 Å². The first-order valence-corrected chi connectivity index (χ1v) is 8.71. The predicted molar refractivity (Wildman–Crippen MR) is 97.6 cm³/mol. The van der Waals surface area contributed by atoms with Crippen LogP contribution >= 0.6 is 11.6 Å². The maximum absolute atomic E-state index is 12.5. The summed E-state index contributed by atoms with van der Waals surface area (Å²) in [6.07, 6.45) is 4.89. The van der Waals surface area contributed by atoms with Gasteiger partial charge >= 0.3 is 0 Å². The Morgan fingerprint density at radius 3 is 2.69 bits per heavy atom. The Bertz CT molecular complexity index is 778. The normalized spacial score (nSPS) is 17.1. The maximum atomic E-state index is 12.5. The van der Waals surface area contributed by atoms with Crippen molar-refractivity contribution in [2.45, 2.75) is 18.9 Å². The first-order valence-electron chi connectivity index (χ1n) is 8.34. The summed E-state index contributed by atoms with van der Waals surface area (Å²) >= 11 is 5.84. The number of ether oxygens (including phenoxy) is 1. The Kier molecular flexibility index (Phi) is 6.09. The molecule has 0 saturated carbocycles. The molecule has 1 atom stereocenters. The first-order chi connectivity index (χ1) is 12.6. The van der Waals surface area contributed by atoms with Gasteiger partial charge in [0.2, 0.25) is 0 Å². The lowest BCUT2D eigenvalue weighted by atomic mass is 10.2. The van der Waals surface area contributed by atoms with Crippen molar-refractivity contribution in [3.05, 3.63) is 64.7 Å². The van der Waals surface area contributed by atoms with E-state index in [4.69, 9.17) is 20.8 Å². The number of hydrogen-bond acceptors (Lipinski definition) is 4. The van der Waals surface area contributed by atoms with Crippen molar-refractivity contribution in [3.63, 3.8) is 0 Å². The molecular weight excluding hydrogens is 356 g/mol. The van der Waals surface area contributed by atoms with Crippen molar-refractivity contribution in [3.8, 4) is 0 Å². The number of halogens is 1. The van der Waals surface area contributed by atoms with Crippen LogP contribution in [0.2, 0.25) is 5.02 Å². The molecule has 1 aromatic heterocycles. The van der Waals surface area contributed by atoms with Gasteiger partial charge in [0.1, 0.15) is 11.5 Å². The number of benzene rings is 1. The van der Waals surface area contributed by atoms with Crippen molar-refractivity contribution < 1.29 is 18.7 Å². The van der Waals surface area contributed by atoms with E-state index >= 15 is 0 Å². The first kappa shape index (κ1) is 18.2. The van der Waals surface area contributed by atoms with Gasteiger partial charge in [0.15, 0.2) is 0 Å². The van der Waals surface area contributed by atoms with Gasteiger partial charge in [-0.05, 0) is 49.2 Å². The van der Waals surface area contributed by atoms with E-state index in [1.165, 1.54) is 12.3 Å². The Hall–Kier alpha value is -2.57. The highest BCUT2D eigenvalue weighted by atomic mass is 35.5. The molecule has 1 saturated heterocycles. The van der Waals surface area contributed by atoms with Gasteiger partial charge in [0.05, 0.1) is 12.4 Å². The third kappa shape index (κ3) is 4.97. The van der Waals surface area contributed by atoms with Crippen LogP contribution in [0.4, 0.5) is 0 Å². The van der Waals surface area contributed by atoms with Gasteiger partial charge in [-0.1, -0.05) is 11.6 Å². The fourth-order valence-corrected chi connectivity index (χ4v) is 2.70. The molecular formula is C19H19ClN2O4. The summed E-state index contributed by atoms with van der Waals surface area (Å²) in [7, 11) is 0. The van der Waals surface area contributed by atoms with E-state index in [0.29, 0.717) is 29.5 Å². The number of furan rings is 1. The van der Waals surface area contributed by atoms with Crippen LogP contribution < -0.4 is 10.6 Å². The van der Waals surface area contributed by atoms with Crippen LogP contribution in [-0.4, -0.2) is 31.1 Å². The third-order valence-electron chi connectivity index (χ3n) is 3.94. The molecule has 1 fully saturated rings. The molecule has 1 unspecified atom stereocenters. The topological polar surface area (TPSA) is 80.6 Å². The summed E-state index contributed by atoms with van der Waals surface area (Å²) in [5, 5.41) is 5.96. The van der Waals surface area contributed by atoms with Gasteiger partial charge in [-0.2, -0.15) is 0 Å². The minimum Gasteiger partial charge on any atom is -0.465 e. The van der Waals surface area contributed by atoms with Crippen molar-refractivity contribution in [2.24, 2.45) is 0 Å². The molecule has 2 heterocycles. The lowest BCUT2D eigenvalue weighted by Crippen LogP contribution is -2.38. The van der Waals surface area contributed by atoms with E-state index in [1.807, 2.05) is 0 Å². The fraction of sp³-hybridized carbons (Fsp3) is 0.263. The molecule has 7 heteroatoms. The van der Waals surface area contributed by atoms with Gasteiger partial charge in [-0.3, -0.25) is 9.59 Å². The van der Waals surface area contributed by atoms with Gasteiger partial charge in [-0.25, -0.2) is 0 Å². The summed E-state index contributed by atoms with van der Waals surface area (Å²) in [5.41, 5.74) is 0.490. The lowest BCUT2D eigenvalue weighted by Gasteiger charge is -2.13. The van der Waals surface area contributed by atoms with E-state index in [0.717, 1.165) is 12.8 Å². The molecule has 0 aliphatic carbocycles. The van der Waals surface area contributed by atoms with Crippen LogP contribution in [-0.2, 0) is 9.53 Å². The number of amides is 2.